The minimum absolute atomic E-state index is 0.237. The van der Waals surface area contributed by atoms with Gasteiger partial charge >= 0.3 is 0 Å². The molecule has 2 N–H and O–H groups in total. The Morgan fingerprint density at radius 2 is 1.97 bits per heavy atom. The monoisotopic (exact) mass is 438 g/mol. The van der Waals surface area contributed by atoms with E-state index in [-0.39, 0.29) is 17.2 Å². The Morgan fingerprint density at radius 1 is 1.19 bits per heavy atom. The van der Waals surface area contributed by atoms with Gasteiger partial charge in [-0.05, 0) is 32.0 Å². The molecule has 2 atom stereocenters. The Bertz CT molecular complexity index is 1190. The van der Waals surface area contributed by atoms with E-state index in [1.54, 1.807) is 22.7 Å². The minimum atomic E-state index is -0.689. The number of nitrogens with one attached hydrogen (secondary N) is 2. The molecule has 1 saturated heterocycles. The lowest BCUT2D eigenvalue weighted by Crippen LogP contribution is -2.50. The van der Waals surface area contributed by atoms with Crippen molar-refractivity contribution in [3.63, 3.8) is 0 Å². The van der Waals surface area contributed by atoms with Crippen LogP contribution >= 0.6 is 11.8 Å². The zero-order valence-electron chi connectivity index (χ0n) is 17.6. The van der Waals surface area contributed by atoms with Crippen molar-refractivity contribution in [1.29, 1.82) is 0 Å². The molecule has 2 amide bonds. The highest BCUT2D eigenvalue weighted by molar-refractivity contribution is 8.01. The molecule has 1 fully saturated rings. The zero-order valence-corrected chi connectivity index (χ0v) is 18.4. The van der Waals surface area contributed by atoms with Crippen LogP contribution in [0.1, 0.15) is 35.1 Å². The quantitative estimate of drug-likeness (QED) is 0.647. The zero-order chi connectivity index (χ0) is 21.9. The van der Waals surface area contributed by atoms with Gasteiger partial charge in [0.15, 0.2) is 11.5 Å². The fourth-order valence-electron chi connectivity index (χ4n) is 4.45. The van der Waals surface area contributed by atoms with Gasteiger partial charge in [-0.1, -0.05) is 18.2 Å². The van der Waals surface area contributed by atoms with E-state index in [0.717, 1.165) is 16.6 Å². The Morgan fingerprint density at radius 3 is 2.68 bits per heavy atom. The maximum Gasteiger partial charge on any atom is 0.260 e. The van der Waals surface area contributed by atoms with E-state index in [4.69, 9.17) is 9.47 Å². The number of para-hydroxylation sites is 2. The fraction of sp³-hybridized carbons (Fsp3) is 0.318. The smallest absolute Gasteiger partial charge is 0.260 e. The van der Waals surface area contributed by atoms with Crippen molar-refractivity contribution in [3.05, 3.63) is 47.5 Å². The fourth-order valence-corrected chi connectivity index (χ4v) is 6.03. The van der Waals surface area contributed by atoms with Gasteiger partial charge in [0, 0.05) is 10.3 Å². The number of carbonyl (C=O) groups excluding carboxylic acids is 2. The number of amides is 2. The van der Waals surface area contributed by atoms with Crippen LogP contribution in [0, 0.1) is 0 Å². The van der Waals surface area contributed by atoms with Crippen molar-refractivity contribution >= 4 is 40.6 Å². The molecule has 3 heterocycles. The Hall–Kier alpha value is -3.20. The van der Waals surface area contributed by atoms with Crippen LogP contribution in [-0.2, 0) is 4.79 Å². The van der Waals surface area contributed by atoms with Gasteiger partial charge in [0.25, 0.3) is 11.8 Å². The molecule has 160 valence electrons. The summed E-state index contributed by atoms with van der Waals surface area (Å²) in [5, 5.41) is 2.60. The number of carbonyl (C=O) groups is 2. The molecular formula is C22H22N4O4S. The number of H-pyrrole nitrogens is 1. The topological polar surface area (TPSA) is 96.6 Å². The number of aromatic amines is 1. The highest BCUT2D eigenvalue weighted by atomic mass is 32.2. The molecule has 2 aromatic carbocycles. The summed E-state index contributed by atoms with van der Waals surface area (Å²) in [5.74, 6) is 0.723. The lowest BCUT2D eigenvalue weighted by molar-refractivity contribution is -0.121. The normalized spacial score (nSPS) is 21.2. The number of hydrogen-bond donors (Lipinski definition) is 2. The van der Waals surface area contributed by atoms with E-state index in [0.29, 0.717) is 23.0 Å². The number of imidazole rings is 1. The summed E-state index contributed by atoms with van der Waals surface area (Å²) in [5.41, 5.74) is 2.88. The van der Waals surface area contributed by atoms with Gasteiger partial charge in [0.1, 0.15) is 11.4 Å². The van der Waals surface area contributed by atoms with Gasteiger partial charge in [-0.2, -0.15) is 0 Å². The third kappa shape index (κ3) is 2.87. The Kier molecular flexibility index (Phi) is 4.40. The first-order chi connectivity index (χ1) is 14.9. The van der Waals surface area contributed by atoms with E-state index in [2.05, 4.69) is 15.3 Å². The van der Waals surface area contributed by atoms with Crippen molar-refractivity contribution in [2.75, 3.05) is 19.5 Å². The van der Waals surface area contributed by atoms with Crippen LogP contribution in [0.5, 0.6) is 11.5 Å². The van der Waals surface area contributed by atoms with E-state index in [9.17, 15) is 9.59 Å². The molecule has 31 heavy (non-hydrogen) atoms. The van der Waals surface area contributed by atoms with Gasteiger partial charge in [-0.25, -0.2) is 4.98 Å². The van der Waals surface area contributed by atoms with E-state index in [1.807, 2.05) is 44.2 Å². The molecule has 0 spiro atoms. The van der Waals surface area contributed by atoms with E-state index < -0.39 is 10.8 Å². The van der Waals surface area contributed by atoms with E-state index in [1.165, 1.54) is 14.2 Å². The van der Waals surface area contributed by atoms with E-state index >= 15 is 0 Å². The molecule has 1 aromatic heterocycles. The molecule has 8 nitrogen and oxygen atoms in total. The first-order valence-electron chi connectivity index (χ1n) is 9.86. The predicted octanol–water partition coefficient (Wildman–Crippen LogP) is 3.57. The Balaban J connectivity index is 1.51. The summed E-state index contributed by atoms with van der Waals surface area (Å²) >= 11 is 1.59. The number of nitrogens with zero attached hydrogens (tertiary/aromatic N) is 2. The van der Waals surface area contributed by atoms with Gasteiger partial charge < -0.3 is 19.4 Å². The summed E-state index contributed by atoms with van der Waals surface area (Å²) in [7, 11) is 3.05. The average molecular weight is 439 g/mol. The Labute approximate surface area is 183 Å². The van der Waals surface area contributed by atoms with Gasteiger partial charge in [-0.3, -0.25) is 14.9 Å². The summed E-state index contributed by atoms with van der Waals surface area (Å²) in [6, 6.07) is 10.5. The number of rotatable bonds is 4. The van der Waals surface area contributed by atoms with Crippen LogP contribution in [0.3, 0.4) is 0 Å². The average Bonchev–Trinajstić information content (AvgIpc) is 3.36. The molecule has 2 aliphatic heterocycles. The summed E-state index contributed by atoms with van der Waals surface area (Å²) in [6.45, 7) is 3.96. The molecule has 0 bridgehead atoms. The number of aromatic nitrogens is 2. The molecule has 9 heteroatoms. The number of benzene rings is 2. The largest absolute Gasteiger partial charge is 0.493 e. The second-order valence-electron chi connectivity index (χ2n) is 8.05. The first-order valence-corrected chi connectivity index (χ1v) is 10.7. The van der Waals surface area contributed by atoms with Crippen molar-refractivity contribution in [2.45, 2.75) is 30.0 Å². The van der Waals surface area contributed by atoms with Crippen LogP contribution in [0.25, 0.3) is 11.0 Å². The van der Waals surface area contributed by atoms with Crippen LogP contribution in [-0.4, -0.2) is 51.7 Å². The van der Waals surface area contributed by atoms with Crippen LogP contribution in [0.15, 0.2) is 36.4 Å². The molecular weight excluding hydrogens is 416 g/mol. The lowest BCUT2D eigenvalue weighted by atomic mass is 10.0. The van der Waals surface area contributed by atoms with Crippen molar-refractivity contribution in [1.82, 2.24) is 14.9 Å². The summed E-state index contributed by atoms with van der Waals surface area (Å²) in [4.78, 5) is 36.1. The number of fused-ring (bicyclic) bond motifs is 4. The molecule has 0 aliphatic carbocycles. The summed E-state index contributed by atoms with van der Waals surface area (Å²) in [6.07, 6.45) is 0. The maximum atomic E-state index is 13.5. The third-order valence-electron chi connectivity index (χ3n) is 5.78. The van der Waals surface area contributed by atoms with Gasteiger partial charge in [-0.15, -0.1) is 11.8 Å². The van der Waals surface area contributed by atoms with Crippen LogP contribution in [0.4, 0.5) is 5.95 Å². The van der Waals surface area contributed by atoms with Crippen molar-refractivity contribution < 1.29 is 19.1 Å². The second kappa shape index (κ2) is 6.91. The number of hydrogen-bond acceptors (Lipinski definition) is 6. The van der Waals surface area contributed by atoms with Gasteiger partial charge in [0.2, 0.25) is 5.95 Å². The maximum absolute atomic E-state index is 13.5. The molecule has 3 aromatic rings. The first kappa shape index (κ1) is 19.7. The molecule has 0 radical (unpaired) electrons. The van der Waals surface area contributed by atoms with Crippen LogP contribution < -0.4 is 14.8 Å². The third-order valence-corrected chi connectivity index (χ3v) is 7.31. The SMILES string of the molecule is COc1ccc2c(c1OC)C(=O)N1[C@@H]2SC(C)(C)[C@H]1C(=O)Nc1nc2ccccc2[nH]1. The highest BCUT2D eigenvalue weighted by Gasteiger charge is 2.58. The molecule has 0 unspecified atom stereocenters. The number of methoxy groups -OCH3 is 2. The van der Waals surface area contributed by atoms with Crippen molar-refractivity contribution in [3.8, 4) is 11.5 Å². The minimum Gasteiger partial charge on any atom is -0.493 e. The lowest BCUT2D eigenvalue weighted by Gasteiger charge is -2.29. The van der Waals surface area contributed by atoms with Crippen molar-refractivity contribution in [2.24, 2.45) is 0 Å². The predicted molar refractivity (Wildman–Crippen MR) is 119 cm³/mol. The number of thioether (sulfide) groups is 1. The molecule has 2 aliphatic rings. The highest BCUT2D eigenvalue weighted by Crippen LogP contribution is 2.58. The second-order valence-corrected chi connectivity index (χ2v) is 9.78. The standard InChI is InChI=1S/C22H22N4O4S/c1-22(2)17(18(27)25-21-23-12-7-5-6-8-13(12)24-21)26-19(28)15-11(20(26)31-22)9-10-14(29-3)16(15)30-4/h5-10,17,20H,1-4H3,(H2,23,24,25,27)/t17-,20-/m1/s1. The molecule has 0 saturated carbocycles. The van der Waals surface area contributed by atoms with Crippen LogP contribution in [0.2, 0.25) is 0 Å². The number of anilines is 1. The van der Waals surface area contributed by atoms with Gasteiger partial charge in [0.05, 0.1) is 30.8 Å². The molecule has 5 rings (SSSR count). The number of ether oxygens (including phenoxy) is 2. The summed E-state index contributed by atoms with van der Waals surface area (Å²) < 4.78 is 10.4.